The average Bonchev–Trinajstić information content (AvgIpc) is 2.43. The number of carbonyl (C=O) groups excluding carboxylic acids is 1. The highest BCUT2D eigenvalue weighted by Gasteiger charge is 2.17. The number of nitrogens with one attached hydrogen (secondary N) is 1. The Kier molecular flexibility index (Phi) is 5.15. The van der Waals surface area contributed by atoms with Crippen molar-refractivity contribution >= 4 is 5.91 Å². The lowest BCUT2D eigenvalue weighted by Gasteiger charge is -2.29. The predicted octanol–water partition coefficient (Wildman–Crippen LogP) is 1.17. The first kappa shape index (κ1) is 15.0. The van der Waals surface area contributed by atoms with Gasteiger partial charge in [-0.05, 0) is 32.0 Å². The zero-order valence-electron chi connectivity index (χ0n) is 12.8. The molecule has 1 fully saturated rings. The van der Waals surface area contributed by atoms with E-state index < -0.39 is 0 Å². The van der Waals surface area contributed by atoms with E-state index in [4.69, 9.17) is 0 Å². The molecule has 0 radical (unpaired) electrons. The van der Waals surface area contributed by atoms with Gasteiger partial charge < -0.3 is 10.2 Å². The molecule has 4 heteroatoms. The largest absolute Gasteiger partial charge is 0.339 e. The number of rotatable bonds is 4. The molecule has 0 spiro atoms. The summed E-state index contributed by atoms with van der Waals surface area (Å²) < 4.78 is 0. The Morgan fingerprint density at radius 2 is 2.00 bits per heavy atom. The van der Waals surface area contributed by atoms with Gasteiger partial charge in [0.25, 0.3) is 0 Å². The molecule has 1 saturated heterocycles. The molecule has 0 aliphatic carbocycles. The first-order valence-electron chi connectivity index (χ1n) is 7.29. The number of likely N-dealkylation sites (N-methyl/N-ethyl adjacent to an activating group) is 1. The third-order valence-electron chi connectivity index (χ3n) is 3.81. The number of amides is 1. The molecular weight excluding hydrogens is 250 g/mol. The minimum atomic E-state index is 0.235. The van der Waals surface area contributed by atoms with Gasteiger partial charge in [0, 0.05) is 32.7 Å². The fourth-order valence-corrected chi connectivity index (χ4v) is 2.62. The van der Waals surface area contributed by atoms with Gasteiger partial charge in [0.2, 0.25) is 5.91 Å². The van der Waals surface area contributed by atoms with Crippen molar-refractivity contribution in [3.8, 4) is 0 Å². The van der Waals surface area contributed by atoms with Gasteiger partial charge in [0.1, 0.15) is 0 Å². The van der Waals surface area contributed by atoms with Crippen molar-refractivity contribution in [1.82, 2.24) is 15.1 Å². The molecule has 0 unspecified atom stereocenters. The van der Waals surface area contributed by atoms with Gasteiger partial charge in [-0.2, -0.15) is 0 Å². The number of hydrogen-bond acceptors (Lipinski definition) is 3. The lowest BCUT2D eigenvalue weighted by atomic mass is 10.1. The topological polar surface area (TPSA) is 35.6 Å². The maximum atomic E-state index is 12.2. The maximum absolute atomic E-state index is 12.2. The number of piperazine rings is 1. The minimum Gasteiger partial charge on any atom is -0.339 e. The van der Waals surface area contributed by atoms with E-state index in [1.807, 2.05) is 11.9 Å². The van der Waals surface area contributed by atoms with Crippen LogP contribution in [0.25, 0.3) is 0 Å². The minimum absolute atomic E-state index is 0.235. The van der Waals surface area contributed by atoms with Gasteiger partial charge in [-0.3, -0.25) is 9.69 Å². The third kappa shape index (κ3) is 4.05. The second-order valence-electron chi connectivity index (χ2n) is 5.73. The van der Waals surface area contributed by atoms with Crippen LogP contribution in [0, 0.1) is 13.8 Å². The second-order valence-corrected chi connectivity index (χ2v) is 5.73. The molecule has 0 aromatic heterocycles. The first-order chi connectivity index (χ1) is 9.56. The van der Waals surface area contributed by atoms with Crippen molar-refractivity contribution in [2.75, 3.05) is 39.8 Å². The number of carbonyl (C=O) groups is 1. The van der Waals surface area contributed by atoms with Crippen LogP contribution in [0.15, 0.2) is 18.2 Å². The molecule has 0 atom stereocenters. The number of benzene rings is 1. The van der Waals surface area contributed by atoms with Crippen LogP contribution in [0.4, 0.5) is 0 Å². The molecular formula is C16H25N3O. The smallest absolute Gasteiger partial charge is 0.236 e. The van der Waals surface area contributed by atoms with Gasteiger partial charge in [0.15, 0.2) is 0 Å². The lowest BCUT2D eigenvalue weighted by Crippen LogP contribution is -2.49. The van der Waals surface area contributed by atoms with Crippen molar-refractivity contribution in [2.24, 2.45) is 0 Å². The summed E-state index contributed by atoms with van der Waals surface area (Å²) in [5, 5.41) is 3.27. The van der Waals surface area contributed by atoms with Gasteiger partial charge in [-0.1, -0.05) is 23.8 Å². The number of nitrogens with zero attached hydrogens (tertiary/aromatic N) is 2. The van der Waals surface area contributed by atoms with E-state index >= 15 is 0 Å². The van der Waals surface area contributed by atoms with Gasteiger partial charge in [-0.15, -0.1) is 0 Å². The van der Waals surface area contributed by atoms with Crippen LogP contribution in [-0.4, -0.2) is 55.5 Å². The van der Waals surface area contributed by atoms with E-state index in [-0.39, 0.29) is 5.91 Å². The molecule has 110 valence electrons. The summed E-state index contributed by atoms with van der Waals surface area (Å²) in [6.07, 6.45) is 0. The quantitative estimate of drug-likeness (QED) is 0.896. The molecule has 1 aliphatic heterocycles. The SMILES string of the molecule is Cc1ccc(CN(C)CC(=O)N2CCNCC2)c(C)c1. The monoisotopic (exact) mass is 275 g/mol. The Hall–Kier alpha value is -1.39. The number of hydrogen-bond donors (Lipinski definition) is 1. The summed E-state index contributed by atoms with van der Waals surface area (Å²) in [6, 6.07) is 6.49. The van der Waals surface area contributed by atoms with Crippen LogP contribution in [0.3, 0.4) is 0 Å². The van der Waals surface area contributed by atoms with Crippen molar-refractivity contribution < 1.29 is 4.79 Å². The molecule has 1 N–H and O–H groups in total. The fraction of sp³-hybridized carbons (Fsp3) is 0.562. The highest BCUT2D eigenvalue weighted by molar-refractivity contribution is 5.78. The Balaban J connectivity index is 1.88. The molecule has 1 aromatic carbocycles. The van der Waals surface area contributed by atoms with E-state index in [0.717, 1.165) is 32.7 Å². The molecule has 1 aliphatic rings. The van der Waals surface area contributed by atoms with Crippen LogP contribution in [0.5, 0.6) is 0 Å². The van der Waals surface area contributed by atoms with Crippen molar-refractivity contribution in [1.29, 1.82) is 0 Å². The summed E-state index contributed by atoms with van der Waals surface area (Å²) in [5.41, 5.74) is 3.88. The van der Waals surface area contributed by atoms with Crippen molar-refractivity contribution in [2.45, 2.75) is 20.4 Å². The Morgan fingerprint density at radius 3 is 2.65 bits per heavy atom. The zero-order valence-corrected chi connectivity index (χ0v) is 12.8. The molecule has 4 nitrogen and oxygen atoms in total. The Labute approximate surface area is 121 Å². The van der Waals surface area contributed by atoms with Crippen LogP contribution in [-0.2, 0) is 11.3 Å². The summed E-state index contributed by atoms with van der Waals surface area (Å²) >= 11 is 0. The van der Waals surface area contributed by atoms with Gasteiger partial charge in [0.05, 0.1) is 6.54 Å². The van der Waals surface area contributed by atoms with E-state index in [1.165, 1.54) is 16.7 Å². The van der Waals surface area contributed by atoms with Gasteiger partial charge >= 0.3 is 0 Å². The molecule has 2 rings (SSSR count). The zero-order chi connectivity index (χ0) is 14.5. The molecule has 1 aromatic rings. The maximum Gasteiger partial charge on any atom is 0.236 e. The van der Waals surface area contributed by atoms with Gasteiger partial charge in [-0.25, -0.2) is 0 Å². The Morgan fingerprint density at radius 1 is 1.30 bits per heavy atom. The standard InChI is InChI=1S/C16H25N3O/c1-13-4-5-15(14(2)10-13)11-18(3)12-16(20)19-8-6-17-7-9-19/h4-5,10,17H,6-9,11-12H2,1-3H3. The van der Waals surface area contributed by atoms with Crippen LogP contribution in [0.1, 0.15) is 16.7 Å². The Bertz CT molecular complexity index is 467. The first-order valence-corrected chi connectivity index (χ1v) is 7.29. The van der Waals surface area contributed by atoms with Crippen molar-refractivity contribution in [3.05, 3.63) is 34.9 Å². The summed E-state index contributed by atoms with van der Waals surface area (Å²) in [4.78, 5) is 16.2. The van der Waals surface area contributed by atoms with E-state index in [0.29, 0.717) is 6.54 Å². The third-order valence-corrected chi connectivity index (χ3v) is 3.81. The highest BCUT2D eigenvalue weighted by atomic mass is 16.2. The number of aryl methyl sites for hydroxylation is 2. The molecule has 20 heavy (non-hydrogen) atoms. The van der Waals surface area contributed by atoms with Crippen LogP contribution in [0.2, 0.25) is 0 Å². The summed E-state index contributed by atoms with van der Waals surface area (Å²) in [5.74, 6) is 0.235. The fourth-order valence-electron chi connectivity index (χ4n) is 2.62. The lowest BCUT2D eigenvalue weighted by molar-refractivity contribution is -0.132. The van der Waals surface area contributed by atoms with Crippen LogP contribution >= 0.6 is 0 Å². The van der Waals surface area contributed by atoms with Crippen molar-refractivity contribution in [3.63, 3.8) is 0 Å². The normalized spacial score (nSPS) is 15.7. The predicted molar refractivity (Wildman–Crippen MR) is 81.7 cm³/mol. The van der Waals surface area contributed by atoms with Crippen LogP contribution < -0.4 is 5.32 Å². The van der Waals surface area contributed by atoms with E-state index in [1.54, 1.807) is 0 Å². The van der Waals surface area contributed by atoms with E-state index in [9.17, 15) is 4.79 Å². The second kappa shape index (κ2) is 6.86. The average molecular weight is 275 g/mol. The molecule has 1 heterocycles. The van der Waals surface area contributed by atoms with E-state index in [2.05, 4.69) is 42.3 Å². The molecule has 0 saturated carbocycles. The summed E-state index contributed by atoms with van der Waals surface area (Å²) in [6.45, 7) is 9.03. The summed E-state index contributed by atoms with van der Waals surface area (Å²) in [7, 11) is 2.01. The molecule has 1 amide bonds. The molecule has 0 bridgehead atoms. The highest BCUT2D eigenvalue weighted by Crippen LogP contribution is 2.12.